The Morgan fingerprint density at radius 2 is 1.81 bits per heavy atom. The number of anilines is 1. The van der Waals surface area contributed by atoms with Gasteiger partial charge >= 0.3 is 11.9 Å². The summed E-state index contributed by atoms with van der Waals surface area (Å²) in [7, 11) is 0. The van der Waals surface area contributed by atoms with Crippen LogP contribution in [0.15, 0.2) is 53.3 Å². The van der Waals surface area contributed by atoms with E-state index in [0.29, 0.717) is 22.2 Å². The van der Waals surface area contributed by atoms with Gasteiger partial charge in [-0.3, -0.25) is 4.57 Å². The van der Waals surface area contributed by atoms with Crippen molar-refractivity contribution in [3.63, 3.8) is 0 Å². The second-order valence-corrected chi connectivity index (χ2v) is 8.94. The van der Waals surface area contributed by atoms with E-state index in [4.69, 9.17) is 11.6 Å². The number of halogens is 5. The second-order valence-electron chi connectivity index (χ2n) is 8.50. The topological polar surface area (TPSA) is 94.0 Å². The van der Waals surface area contributed by atoms with Gasteiger partial charge in [0.05, 0.1) is 12.2 Å². The fraction of sp³-hybridized carbons (Fsp3) is 0.304. The lowest BCUT2D eigenvalue weighted by atomic mass is 10.2. The molecule has 1 aliphatic rings. The maximum absolute atomic E-state index is 13.9. The highest BCUT2D eigenvalue weighted by Gasteiger charge is 2.39. The molecule has 1 aliphatic heterocycles. The van der Waals surface area contributed by atoms with Gasteiger partial charge in [-0.1, -0.05) is 17.7 Å². The van der Waals surface area contributed by atoms with E-state index >= 15 is 0 Å². The highest BCUT2D eigenvalue weighted by molar-refractivity contribution is 6.30. The van der Waals surface area contributed by atoms with Crippen molar-refractivity contribution < 1.29 is 22.7 Å². The summed E-state index contributed by atoms with van der Waals surface area (Å²) in [5, 5.41) is 18.7. The molecule has 1 N–H and O–H groups in total. The SMILES string of the molecule is O=c1n(Cc2nc(N3CCC3)n(-c3cccc(F)c3)n2)nc(-c2ccc(Cl)cc2)n1CC(O)C(F)(F)F. The average molecular weight is 538 g/mol. The number of aliphatic hydroxyl groups excluding tert-OH is 1. The molecular formula is C23H20ClF4N7O2. The second kappa shape index (κ2) is 9.63. The number of aliphatic hydroxyl groups is 1. The van der Waals surface area contributed by atoms with Crippen LogP contribution in [0, 0.1) is 5.82 Å². The molecule has 1 unspecified atom stereocenters. The first kappa shape index (κ1) is 25.0. The van der Waals surface area contributed by atoms with Crippen molar-refractivity contribution in [2.45, 2.75) is 31.8 Å². The molecule has 194 valence electrons. The molecule has 0 amide bonds. The van der Waals surface area contributed by atoms with Gasteiger partial charge in [-0.2, -0.15) is 22.8 Å². The van der Waals surface area contributed by atoms with Gasteiger partial charge in [0.25, 0.3) is 0 Å². The summed E-state index contributed by atoms with van der Waals surface area (Å²) in [6, 6.07) is 11.8. The van der Waals surface area contributed by atoms with Crippen molar-refractivity contribution in [3.8, 4) is 17.1 Å². The number of rotatable bonds is 7. The van der Waals surface area contributed by atoms with Gasteiger partial charge in [0.2, 0.25) is 5.95 Å². The number of benzene rings is 2. The summed E-state index contributed by atoms with van der Waals surface area (Å²) < 4.78 is 56.3. The molecule has 1 fully saturated rings. The summed E-state index contributed by atoms with van der Waals surface area (Å²) in [6.07, 6.45) is -6.77. The van der Waals surface area contributed by atoms with E-state index in [2.05, 4.69) is 15.2 Å². The molecule has 0 aliphatic carbocycles. The Balaban J connectivity index is 1.55. The van der Waals surface area contributed by atoms with Crippen LogP contribution in [-0.4, -0.2) is 59.6 Å². The molecule has 9 nitrogen and oxygen atoms in total. The standard InChI is InChI=1S/C23H20ClF4N7O2/c24-15-7-5-14(6-8-15)20-31-34(22(37)33(20)12-18(36)23(26,27)28)13-19-29-21(32-9-2-10-32)35(30-19)17-4-1-3-16(25)11-17/h1,3-8,11,18,36H,2,9-10,12-13H2. The fourth-order valence-corrected chi connectivity index (χ4v) is 3.97. The Hall–Kier alpha value is -3.71. The van der Waals surface area contributed by atoms with E-state index in [1.54, 1.807) is 6.07 Å². The van der Waals surface area contributed by atoms with Crippen molar-refractivity contribution in [2.24, 2.45) is 0 Å². The summed E-state index contributed by atoms with van der Waals surface area (Å²) in [5.41, 5.74) is -0.135. The highest BCUT2D eigenvalue weighted by atomic mass is 35.5. The zero-order valence-electron chi connectivity index (χ0n) is 19.1. The molecule has 3 heterocycles. The molecule has 0 radical (unpaired) electrons. The van der Waals surface area contributed by atoms with Crippen LogP contribution in [0.5, 0.6) is 0 Å². The normalized spacial score (nSPS) is 14.6. The smallest absolute Gasteiger partial charge is 0.382 e. The quantitative estimate of drug-likeness (QED) is 0.364. The lowest BCUT2D eigenvalue weighted by Gasteiger charge is -2.31. The molecule has 5 rings (SSSR count). The Morgan fingerprint density at radius 3 is 2.43 bits per heavy atom. The van der Waals surface area contributed by atoms with Crippen LogP contribution >= 0.6 is 11.6 Å². The molecule has 1 atom stereocenters. The Bertz CT molecular complexity index is 1480. The minimum absolute atomic E-state index is 0.0857. The number of alkyl halides is 3. The van der Waals surface area contributed by atoms with Gasteiger partial charge in [-0.15, -0.1) is 10.2 Å². The first-order chi connectivity index (χ1) is 17.6. The van der Waals surface area contributed by atoms with Crippen LogP contribution in [0.4, 0.5) is 23.5 Å². The van der Waals surface area contributed by atoms with E-state index in [-0.39, 0.29) is 18.2 Å². The molecule has 0 spiro atoms. The number of hydrogen-bond acceptors (Lipinski definition) is 6. The number of nitrogens with zero attached hydrogens (tertiary/aromatic N) is 7. The molecule has 2 aromatic heterocycles. The number of aromatic nitrogens is 6. The van der Waals surface area contributed by atoms with Crippen LogP contribution in [0.1, 0.15) is 12.2 Å². The van der Waals surface area contributed by atoms with Gasteiger partial charge in [-0.05, 0) is 48.9 Å². The van der Waals surface area contributed by atoms with E-state index < -0.39 is 30.3 Å². The molecule has 0 bridgehead atoms. The van der Waals surface area contributed by atoms with E-state index in [9.17, 15) is 27.5 Å². The van der Waals surface area contributed by atoms with Crippen LogP contribution < -0.4 is 10.6 Å². The van der Waals surface area contributed by atoms with Crippen molar-refractivity contribution in [2.75, 3.05) is 18.0 Å². The number of hydrogen-bond donors (Lipinski definition) is 1. The maximum atomic E-state index is 13.9. The molecular weight excluding hydrogens is 518 g/mol. The predicted octanol–water partition coefficient (Wildman–Crippen LogP) is 3.27. The Morgan fingerprint density at radius 1 is 1.08 bits per heavy atom. The highest BCUT2D eigenvalue weighted by Crippen LogP contribution is 2.25. The largest absolute Gasteiger partial charge is 0.416 e. The summed E-state index contributed by atoms with van der Waals surface area (Å²) in [6.45, 7) is 0.123. The van der Waals surface area contributed by atoms with Crippen LogP contribution in [0.3, 0.4) is 0 Å². The first-order valence-electron chi connectivity index (χ1n) is 11.3. The lowest BCUT2D eigenvalue weighted by molar-refractivity contribution is -0.207. The van der Waals surface area contributed by atoms with Crippen LogP contribution in [0.2, 0.25) is 5.02 Å². The third kappa shape index (κ3) is 5.09. The summed E-state index contributed by atoms with van der Waals surface area (Å²) >= 11 is 5.92. The van der Waals surface area contributed by atoms with Gasteiger partial charge in [0.15, 0.2) is 17.8 Å². The van der Waals surface area contributed by atoms with Crippen LogP contribution in [0.25, 0.3) is 17.1 Å². The summed E-state index contributed by atoms with van der Waals surface area (Å²) in [4.78, 5) is 19.6. The Labute approximate surface area is 212 Å². The van der Waals surface area contributed by atoms with Crippen molar-refractivity contribution >= 4 is 17.5 Å². The monoisotopic (exact) mass is 537 g/mol. The maximum Gasteiger partial charge on any atom is 0.416 e. The van der Waals surface area contributed by atoms with Gasteiger partial charge in [-0.25, -0.2) is 13.9 Å². The fourth-order valence-electron chi connectivity index (χ4n) is 3.85. The van der Waals surface area contributed by atoms with Gasteiger partial charge < -0.3 is 10.0 Å². The summed E-state index contributed by atoms with van der Waals surface area (Å²) in [5.74, 6) is 0.0501. The van der Waals surface area contributed by atoms with E-state index in [1.165, 1.54) is 47.1 Å². The van der Waals surface area contributed by atoms with Crippen molar-refractivity contribution in [1.82, 2.24) is 29.1 Å². The molecule has 1 saturated heterocycles. The minimum Gasteiger partial charge on any atom is -0.382 e. The van der Waals surface area contributed by atoms with E-state index in [0.717, 1.165) is 28.8 Å². The lowest BCUT2D eigenvalue weighted by Crippen LogP contribution is -2.39. The molecule has 2 aromatic carbocycles. The van der Waals surface area contributed by atoms with Crippen molar-refractivity contribution in [3.05, 3.63) is 75.7 Å². The zero-order chi connectivity index (χ0) is 26.3. The third-order valence-corrected chi connectivity index (χ3v) is 6.13. The minimum atomic E-state index is -4.93. The average Bonchev–Trinajstić information content (AvgIpc) is 3.34. The first-order valence-corrected chi connectivity index (χ1v) is 11.6. The Kier molecular flexibility index (Phi) is 6.50. The molecule has 0 saturated carbocycles. The molecule has 37 heavy (non-hydrogen) atoms. The van der Waals surface area contributed by atoms with Gasteiger partial charge in [0, 0.05) is 23.7 Å². The van der Waals surface area contributed by atoms with Crippen LogP contribution in [-0.2, 0) is 13.1 Å². The van der Waals surface area contributed by atoms with Gasteiger partial charge in [0.1, 0.15) is 12.4 Å². The molecule has 4 aromatic rings. The van der Waals surface area contributed by atoms with E-state index in [1.807, 2.05) is 4.90 Å². The predicted molar refractivity (Wildman–Crippen MR) is 126 cm³/mol. The zero-order valence-corrected chi connectivity index (χ0v) is 19.9. The van der Waals surface area contributed by atoms with Crippen molar-refractivity contribution in [1.29, 1.82) is 0 Å². The molecule has 14 heteroatoms. The third-order valence-electron chi connectivity index (χ3n) is 5.88.